The normalized spacial score (nSPS) is 30.4. The van der Waals surface area contributed by atoms with Crippen LogP contribution in [0, 0.1) is 17.7 Å². The van der Waals surface area contributed by atoms with E-state index in [0.717, 1.165) is 18.5 Å². The van der Waals surface area contributed by atoms with Crippen LogP contribution in [0.3, 0.4) is 0 Å². The first-order chi connectivity index (χ1) is 17.0. The van der Waals surface area contributed by atoms with Crippen molar-refractivity contribution in [1.29, 1.82) is 0 Å². The number of fused-ring (bicyclic) bond motifs is 2. The Balaban J connectivity index is 1.19. The number of hydrogen-bond acceptors (Lipinski definition) is 4. The second kappa shape index (κ2) is 8.94. The van der Waals surface area contributed by atoms with Crippen molar-refractivity contribution in [2.75, 3.05) is 19.6 Å². The number of phenols is 1. The van der Waals surface area contributed by atoms with Crippen molar-refractivity contribution in [3.8, 4) is 16.9 Å². The number of piperidine rings is 4. The van der Waals surface area contributed by atoms with Crippen molar-refractivity contribution >= 4 is 11.8 Å². The zero-order valence-electron chi connectivity index (χ0n) is 19.8. The Hall–Kier alpha value is -2.93. The van der Waals surface area contributed by atoms with E-state index in [1.165, 1.54) is 57.0 Å². The van der Waals surface area contributed by atoms with Crippen LogP contribution < -0.4 is 5.32 Å². The first kappa shape index (κ1) is 22.5. The van der Waals surface area contributed by atoms with Gasteiger partial charge in [-0.2, -0.15) is 0 Å². The molecule has 6 rings (SSSR count). The molecule has 4 heterocycles. The van der Waals surface area contributed by atoms with Gasteiger partial charge < -0.3 is 15.3 Å². The molecule has 4 aliphatic rings. The summed E-state index contributed by atoms with van der Waals surface area (Å²) in [4.78, 5) is 31.5. The van der Waals surface area contributed by atoms with Crippen LogP contribution in [0.4, 0.5) is 4.39 Å². The molecule has 2 N–H and O–H groups in total. The Morgan fingerprint density at radius 2 is 1.71 bits per heavy atom. The molecule has 35 heavy (non-hydrogen) atoms. The van der Waals surface area contributed by atoms with E-state index in [-0.39, 0.29) is 29.1 Å². The summed E-state index contributed by atoms with van der Waals surface area (Å²) in [5, 5.41) is 13.3. The van der Waals surface area contributed by atoms with Gasteiger partial charge in [0.25, 0.3) is 5.91 Å². The Morgan fingerprint density at radius 3 is 2.51 bits per heavy atom. The summed E-state index contributed by atoms with van der Waals surface area (Å²) in [6.45, 7) is 3.17. The lowest BCUT2D eigenvalue weighted by atomic mass is 9.67. The molecule has 0 radical (unpaired) electrons. The molecule has 0 spiro atoms. The van der Waals surface area contributed by atoms with Crippen molar-refractivity contribution in [3.05, 3.63) is 53.8 Å². The van der Waals surface area contributed by atoms with Crippen LogP contribution in [0.2, 0.25) is 0 Å². The average molecular weight is 478 g/mol. The van der Waals surface area contributed by atoms with E-state index in [9.17, 15) is 19.1 Å². The minimum Gasteiger partial charge on any atom is -0.507 e. The summed E-state index contributed by atoms with van der Waals surface area (Å²) in [6.07, 6.45) is 6.29. The SMILES string of the molecule is O=C(NC1CC[C@@H]2[C@H]3CCCN4CCC[C@@H](CN2C1=O)[C@@H]34)c1cc(-c2ccc(F)cc2)ccc1O. The van der Waals surface area contributed by atoms with Gasteiger partial charge in [0.15, 0.2) is 0 Å². The molecule has 4 aliphatic heterocycles. The first-order valence-electron chi connectivity index (χ1n) is 12.9. The van der Waals surface area contributed by atoms with Gasteiger partial charge in [0.1, 0.15) is 17.6 Å². The Bertz CT molecular complexity index is 1130. The zero-order chi connectivity index (χ0) is 24.1. The second-order valence-corrected chi connectivity index (χ2v) is 10.6. The topological polar surface area (TPSA) is 72.9 Å². The number of nitrogens with zero attached hydrogens (tertiary/aromatic N) is 2. The quantitative estimate of drug-likeness (QED) is 0.706. The number of phenolic OH excluding ortho intramolecular Hbond substituents is 1. The smallest absolute Gasteiger partial charge is 0.255 e. The van der Waals surface area contributed by atoms with Crippen LogP contribution in [0.25, 0.3) is 11.1 Å². The molecule has 0 aromatic heterocycles. The van der Waals surface area contributed by atoms with Crippen LogP contribution in [0.15, 0.2) is 42.5 Å². The monoisotopic (exact) mass is 477 g/mol. The lowest BCUT2D eigenvalue weighted by Gasteiger charge is -2.59. The molecular weight excluding hydrogens is 445 g/mol. The molecule has 7 heteroatoms. The fourth-order valence-electron chi connectivity index (χ4n) is 7.19. The maximum Gasteiger partial charge on any atom is 0.255 e. The molecular formula is C28H32FN3O3. The number of amides is 2. The Kier molecular flexibility index (Phi) is 5.75. The lowest BCUT2D eigenvalue weighted by Crippen LogP contribution is -2.69. The third-order valence-electron chi connectivity index (χ3n) is 8.73. The predicted octanol–water partition coefficient (Wildman–Crippen LogP) is 3.79. The van der Waals surface area contributed by atoms with Gasteiger partial charge >= 0.3 is 0 Å². The van der Waals surface area contributed by atoms with Gasteiger partial charge in [0.2, 0.25) is 5.91 Å². The van der Waals surface area contributed by atoms with Crippen LogP contribution in [0.5, 0.6) is 5.75 Å². The van der Waals surface area contributed by atoms with E-state index in [1.54, 1.807) is 24.3 Å². The number of aromatic hydroxyl groups is 1. The number of carbonyl (C=O) groups excluding carboxylic acids is 2. The van der Waals surface area contributed by atoms with Crippen molar-refractivity contribution in [2.45, 2.75) is 56.7 Å². The molecule has 5 atom stereocenters. The molecule has 2 aromatic carbocycles. The van der Waals surface area contributed by atoms with E-state index < -0.39 is 11.9 Å². The zero-order valence-corrected chi connectivity index (χ0v) is 19.8. The molecule has 2 aromatic rings. The maximum atomic E-state index is 13.6. The number of carbonyl (C=O) groups is 2. The first-order valence-corrected chi connectivity index (χ1v) is 12.9. The van der Waals surface area contributed by atoms with Gasteiger partial charge in [-0.3, -0.25) is 14.5 Å². The van der Waals surface area contributed by atoms with Gasteiger partial charge in [-0.15, -0.1) is 0 Å². The van der Waals surface area contributed by atoms with Gasteiger partial charge in [-0.25, -0.2) is 4.39 Å². The van der Waals surface area contributed by atoms with E-state index in [4.69, 9.17) is 0 Å². The van der Waals surface area contributed by atoms with Crippen LogP contribution >= 0.6 is 0 Å². The summed E-state index contributed by atoms with van der Waals surface area (Å²) in [5.74, 6) is 0.155. The molecule has 4 fully saturated rings. The van der Waals surface area contributed by atoms with Crippen LogP contribution in [-0.4, -0.2) is 64.5 Å². The van der Waals surface area contributed by atoms with Gasteiger partial charge in [0, 0.05) is 18.6 Å². The number of hydrogen-bond donors (Lipinski definition) is 2. The third-order valence-corrected chi connectivity index (χ3v) is 8.73. The lowest BCUT2D eigenvalue weighted by molar-refractivity contribution is -0.153. The van der Waals surface area contributed by atoms with Crippen molar-refractivity contribution in [1.82, 2.24) is 15.1 Å². The fraction of sp³-hybridized carbons (Fsp3) is 0.500. The molecule has 0 bridgehead atoms. The van der Waals surface area contributed by atoms with E-state index >= 15 is 0 Å². The number of rotatable bonds is 3. The van der Waals surface area contributed by atoms with Gasteiger partial charge in [-0.05, 0) is 98.8 Å². The molecule has 6 nitrogen and oxygen atoms in total. The molecule has 0 aliphatic carbocycles. The van der Waals surface area contributed by atoms with Crippen LogP contribution in [-0.2, 0) is 4.79 Å². The highest BCUT2D eigenvalue weighted by molar-refractivity contribution is 6.00. The van der Waals surface area contributed by atoms with Crippen molar-refractivity contribution < 1.29 is 19.1 Å². The summed E-state index contributed by atoms with van der Waals surface area (Å²) < 4.78 is 13.3. The summed E-state index contributed by atoms with van der Waals surface area (Å²) in [6, 6.07) is 11.1. The van der Waals surface area contributed by atoms with E-state index in [1.807, 2.05) is 0 Å². The molecule has 0 saturated carbocycles. The number of nitrogens with one attached hydrogen (secondary N) is 1. The molecule has 2 amide bonds. The van der Waals surface area contributed by atoms with E-state index in [2.05, 4.69) is 15.1 Å². The second-order valence-electron chi connectivity index (χ2n) is 10.6. The molecule has 1 unspecified atom stereocenters. The van der Waals surface area contributed by atoms with Crippen molar-refractivity contribution in [2.24, 2.45) is 11.8 Å². The summed E-state index contributed by atoms with van der Waals surface area (Å²) in [7, 11) is 0. The summed E-state index contributed by atoms with van der Waals surface area (Å²) in [5.41, 5.74) is 1.56. The van der Waals surface area contributed by atoms with E-state index in [0.29, 0.717) is 29.9 Å². The van der Waals surface area contributed by atoms with Crippen LogP contribution in [0.1, 0.15) is 48.9 Å². The fourth-order valence-corrected chi connectivity index (χ4v) is 7.19. The average Bonchev–Trinajstić information content (AvgIpc) is 2.87. The highest BCUT2D eigenvalue weighted by Crippen LogP contribution is 2.44. The molecule has 4 saturated heterocycles. The number of benzene rings is 2. The predicted molar refractivity (Wildman–Crippen MR) is 130 cm³/mol. The summed E-state index contributed by atoms with van der Waals surface area (Å²) >= 11 is 0. The van der Waals surface area contributed by atoms with Gasteiger partial charge in [0.05, 0.1) is 5.56 Å². The Labute approximate surface area is 205 Å². The molecule has 184 valence electrons. The minimum absolute atomic E-state index is 0.0184. The third kappa shape index (κ3) is 3.99. The van der Waals surface area contributed by atoms with Crippen molar-refractivity contribution in [3.63, 3.8) is 0 Å². The largest absolute Gasteiger partial charge is 0.507 e. The highest BCUT2D eigenvalue weighted by Gasteiger charge is 2.52. The standard InChI is InChI=1S/C28H32FN3O3/c29-20-8-5-17(6-9-20)18-7-12-25(33)22(15-18)27(34)30-23-10-11-24-21-4-2-14-31-13-1-3-19(26(21)31)16-32(24)28(23)35/h5-9,12,15,19,21,23-24,26,33H,1-4,10-11,13-14,16H2,(H,30,34)/t19-,21+,23?,24+,26-/m0/s1. The minimum atomic E-state index is -0.576. The van der Waals surface area contributed by atoms with Gasteiger partial charge in [-0.1, -0.05) is 18.2 Å². The Morgan fingerprint density at radius 1 is 0.971 bits per heavy atom. The number of halogens is 1. The maximum absolute atomic E-state index is 13.6. The highest BCUT2D eigenvalue weighted by atomic mass is 19.1.